The van der Waals surface area contributed by atoms with Crippen molar-refractivity contribution in [2.24, 2.45) is 0 Å². The molecule has 0 aliphatic carbocycles. The number of fused-ring (bicyclic) bond motifs is 1. The van der Waals surface area contributed by atoms with Crippen LogP contribution in [0.1, 0.15) is 6.42 Å². The average molecular weight is 366 g/mol. The van der Waals surface area contributed by atoms with Gasteiger partial charge in [0.1, 0.15) is 15.9 Å². The van der Waals surface area contributed by atoms with Crippen molar-refractivity contribution in [3.8, 4) is 0 Å². The second-order valence-corrected chi connectivity index (χ2v) is 8.23. The van der Waals surface area contributed by atoms with Gasteiger partial charge in [-0.1, -0.05) is 24.3 Å². The van der Waals surface area contributed by atoms with Crippen molar-refractivity contribution in [1.82, 2.24) is 13.5 Å². The summed E-state index contributed by atoms with van der Waals surface area (Å²) in [6.45, 7) is 0.399. The Hall–Kier alpha value is -1.48. The Balaban J connectivity index is 1.56. The molecule has 0 bridgehead atoms. The molecule has 0 saturated carbocycles. The van der Waals surface area contributed by atoms with Crippen LogP contribution in [0.5, 0.6) is 0 Å². The van der Waals surface area contributed by atoms with E-state index in [4.69, 9.17) is 0 Å². The lowest BCUT2D eigenvalue weighted by Gasteiger charge is -2.07. The number of sulfonamides is 1. The van der Waals surface area contributed by atoms with Crippen LogP contribution in [0.15, 0.2) is 58.3 Å². The number of nitrogens with one attached hydrogen (secondary N) is 1. The Morgan fingerprint density at radius 2 is 1.87 bits per heavy atom. The van der Waals surface area contributed by atoms with Crippen LogP contribution in [0.3, 0.4) is 0 Å². The van der Waals surface area contributed by atoms with Crippen molar-refractivity contribution < 1.29 is 8.42 Å². The van der Waals surface area contributed by atoms with E-state index in [1.807, 2.05) is 30.3 Å². The molecule has 23 heavy (non-hydrogen) atoms. The first-order valence-corrected chi connectivity index (χ1v) is 10.3. The maximum atomic E-state index is 12.4. The third kappa shape index (κ3) is 4.08. The standard InChI is InChI=1S/C15H15N3O2S3/c19-23(20,14-9-4-8-13-15(14)18-22-17-13)16-10-5-11-21-12-6-2-1-3-7-12/h1-4,6-9,16H,5,10-11H2. The number of aromatic nitrogens is 2. The molecular formula is C15H15N3O2S3. The first-order chi connectivity index (χ1) is 11.2. The zero-order chi connectivity index (χ0) is 16.1. The number of hydrogen-bond donors (Lipinski definition) is 1. The third-order valence-electron chi connectivity index (χ3n) is 3.16. The molecule has 0 atom stereocenters. The SMILES string of the molecule is O=S(=O)(NCCCSc1ccccc1)c1cccc2nsnc12. The highest BCUT2D eigenvalue weighted by molar-refractivity contribution is 7.99. The van der Waals surface area contributed by atoms with E-state index in [0.29, 0.717) is 17.6 Å². The molecule has 0 aliphatic heterocycles. The molecule has 1 N–H and O–H groups in total. The lowest BCUT2D eigenvalue weighted by atomic mass is 10.3. The number of rotatable bonds is 7. The number of benzene rings is 2. The maximum Gasteiger partial charge on any atom is 0.242 e. The van der Waals surface area contributed by atoms with Crippen LogP contribution in [0.2, 0.25) is 0 Å². The summed E-state index contributed by atoms with van der Waals surface area (Å²) < 4.78 is 35.6. The highest BCUT2D eigenvalue weighted by Crippen LogP contribution is 2.21. The monoisotopic (exact) mass is 365 g/mol. The van der Waals surface area contributed by atoms with Crippen molar-refractivity contribution >= 4 is 44.5 Å². The molecule has 2 aromatic carbocycles. The van der Waals surface area contributed by atoms with Gasteiger partial charge in [-0.3, -0.25) is 0 Å². The smallest absolute Gasteiger partial charge is 0.211 e. The molecule has 0 radical (unpaired) electrons. The van der Waals surface area contributed by atoms with Gasteiger partial charge in [0.05, 0.1) is 11.7 Å². The Kier molecular flexibility index (Phi) is 5.27. The second kappa shape index (κ2) is 7.39. The van der Waals surface area contributed by atoms with E-state index < -0.39 is 10.0 Å². The van der Waals surface area contributed by atoms with E-state index in [1.54, 1.807) is 30.0 Å². The van der Waals surface area contributed by atoms with Crippen molar-refractivity contribution in [1.29, 1.82) is 0 Å². The summed E-state index contributed by atoms with van der Waals surface area (Å²) in [7, 11) is -3.56. The predicted molar refractivity (Wildman–Crippen MR) is 94.4 cm³/mol. The van der Waals surface area contributed by atoms with E-state index in [1.165, 1.54) is 4.90 Å². The Bertz CT molecular complexity index is 879. The van der Waals surface area contributed by atoms with E-state index in [0.717, 1.165) is 23.9 Å². The zero-order valence-electron chi connectivity index (χ0n) is 12.2. The van der Waals surface area contributed by atoms with Gasteiger partial charge in [0.2, 0.25) is 10.0 Å². The molecular weight excluding hydrogens is 350 g/mol. The summed E-state index contributed by atoms with van der Waals surface area (Å²) in [4.78, 5) is 1.38. The molecule has 0 saturated heterocycles. The topological polar surface area (TPSA) is 72.0 Å². The molecule has 0 fully saturated rings. The molecule has 8 heteroatoms. The van der Waals surface area contributed by atoms with Crippen molar-refractivity contribution in [3.05, 3.63) is 48.5 Å². The van der Waals surface area contributed by atoms with Gasteiger partial charge in [0.15, 0.2) is 0 Å². The van der Waals surface area contributed by atoms with Crippen LogP contribution >= 0.6 is 23.5 Å². The second-order valence-electron chi connectivity index (χ2n) is 4.80. The molecule has 0 spiro atoms. The lowest BCUT2D eigenvalue weighted by molar-refractivity contribution is 0.582. The fraction of sp³-hybridized carbons (Fsp3) is 0.200. The Morgan fingerprint density at radius 3 is 2.70 bits per heavy atom. The van der Waals surface area contributed by atoms with Crippen molar-refractivity contribution in [2.75, 3.05) is 12.3 Å². The minimum absolute atomic E-state index is 0.194. The third-order valence-corrected chi connectivity index (χ3v) is 6.30. The normalized spacial score (nSPS) is 11.8. The van der Waals surface area contributed by atoms with E-state index >= 15 is 0 Å². The average Bonchev–Trinajstić information content (AvgIpc) is 3.04. The van der Waals surface area contributed by atoms with Crippen LogP contribution in [0.4, 0.5) is 0 Å². The van der Waals surface area contributed by atoms with Crippen LogP contribution in [0.25, 0.3) is 11.0 Å². The maximum absolute atomic E-state index is 12.4. The van der Waals surface area contributed by atoms with Crippen LogP contribution in [-0.4, -0.2) is 29.5 Å². The van der Waals surface area contributed by atoms with Gasteiger partial charge in [-0.15, -0.1) is 11.8 Å². The van der Waals surface area contributed by atoms with Crippen LogP contribution in [0, 0.1) is 0 Å². The van der Waals surface area contributed by atoms with Gasteiger partial charge in [-0.05, 0) is 36.4 Å². The summed E-state index contributed by atoms with van der Waals surface area (Å²) in [5.74, 6) is 0.856. The van der Waals surface area contributed by atoms with Gasteiger partial charge >= 0.3 is 0 Å². The minimum Gasteiger partial charge on any atom is -0.211 e. The highest BCUT2D eigenvalue weighted by atomic mass is 32.2. The fourth-order valence-corrected chi connectivity index (χ4v) is 4.77. The van der Waals surface area contributed by atoms with Gasteiger partial charge in [-0.25, -0.2) is 13.1 Å². The first-order valence-electron chi connectivity index (χ1n) is 7.05. The largest absolute Gasteiger partial charge is 0.242 e. The Labute approximate surface area is 143 Å². The molecule has 1 aromatic heterocycles. The minimum atomic E-state index is -3.56. The molecule has 0 unspecified atom stereocenters. The molecule has 1 heterocycles. The van der Waals surface area contributed by atoms with Crippen LogP contribution in [-0.2, 0) is 10.0 Å². The van der Waals surface area contributed by atoms with Gasteiger partial charge < -0.3 is 0 Å². The number of nitrogens with zero attached hydrogens (tertiary/aromatic N) is 2. The molecule has 3 aromatic rings. The van der Waals surface area contributed by atoms with Gasteiger partial charge in [-0.2, -0.15) is 8.75 Å². The Morgan fingerprint density at radius 1 is 1.04 bits per heavy atom. The zero-order valence-corrected chi connectivity index (χ0v) is 14.6. The number of hydrogen-bond acceptors (Lipinski definition) is 6. The summed E-state index contributed by atoms with van der Waals surface area (Å²) in [6.07, 6.45) is 0.754. The van der Waals surface area contributed by atoms with E-state index in [-0.39, 0.29) is 4.90 Å². The van der Waals surface area contributed by atoms with Gasteiger partial charge in [0, 0.05) is 11.4 Å². The quantitative estimate of drug-likeness (QED) is 0.514. The predicted octanol–water partition coefficient (Wildman–Crippen LogP) is 3.15. The summed E-state index contributed by atoms with van der Waals surface area (Å²) >= 11 is 2.73. The lowest BCUT2D eigenvalue weighted by Crippen LogP contribution is -2.25. The summed E-state index contributed by atoms with van der Waals surface area (Å²) in [5, 5.41) is 0. The van der Waals surface area contributed by atoms with Crippen molar-refractivity contribution in [2.45, 2.75) is 16.2 Å². The molecule has 3 rings (SSSR count). The molecule has 0 aliphatic rings. The molecule has 5 nitrogen and oxygen atoms in total. The molecule has 120 valence electrons. The molecule has 0 amide bonds. The first kappa shape index (κ1) is 16.4. The van der Waals surface area contributed by atoms with Gasteiger partial charge in [0.25, 0.3) is 0 Å². The van der Waals surface area contributed by atoms with E-state index in [2.05, 4.69) is 13.5 Å². The fourth-order valence-electron chi connectivity index (χ4n) is 2.06. The van der Waals surface area contributed by atoms with Crippen LogP contribution < -0.4 is 4.72 Å². The highest BCUT2D eigenvalue weighted by Gasteiger charge is 2.18. The number of thioether (sulfide) groups is 1. The van der Waals surface area contributed by atoms with Crippen molar-refractivity contribution in [3.63, 3.8) is 0 Å². The van der Waals surface area contributed by atoms with E-state index in [9.17, 15) is 8.42 Å². The summed E-state index contributed by atoms with van der Waals surface area (Å²) in [6, 6.07) is 15.1. The summed E-state index contributed by atoms with van der Waals surface area (Å²) in [5.41, 5.74) is 1.04.